The molecule has 3 aromatic heterocycles. The standard InChI is InChI=1S/C12H17N5O3.C7H13N5O/c1-4-19-12(18)8-6-17(5-7(2)3)11(14-8)9-10(13)16-20-15-9;1-4(2)3-10-6(8)5-7(9)12-13-11-5/h6-7H,4-5H2,1-3H3,(H2,13,16);4H,3H2,1-2H3,(H2,8,10)(H2,9,12). The summed E-state index contributed by atoms with van der Waals surface area (Å²) in [5, 5.41) is 14.2. The molecule has 0 bridgehead atoms. The highest BCUT2D eigenvalue weighted by Gasteiger charge is 2.21. The van der Waals surface area contributed by atoms with Gasteiger partial charge in [0.2, 0.25) is 0 Å². The number of carbonyl (C=O) groups excluding carboxylic acids is 1. The number of rotatable bonds is 8. The van der Waals surface area contributed by atoms with E-state index in [9.17, 15) is 4.79 Å². The Hall–Kier alpha value is -3.97. The van der Waals surface area contributed by atoms with Gasteiger partial charge in [-0.05, 0) is 39.4 Å². The van der Waals surface area contributed by atoms with Crippen LogP contribution < -0.4 is 17.2 Å². The Morgan fingerprint density at radius 3 is 2.27 bits per heavy atom. The van der Waals surface area contributed by atoms with Crippen LogP contribution in [0.4, 0.5) is 11.6 Å². The molecular weight excluding hydrogens is 432 g/mol. The lowest BCUT2D eigenvalue weighted by atomic mass is 10.2. The minimum atomic E-state index is -0.480. The van der Waals surface area contributed by atoms with Crippen molar-refractivity contribution in [3.05, 3.63) is 17.6 Å². The zero-order valence-electron chi connectivity index (χ0n) is 19.3. The van der Waals surface area contributed by atoms with E-state index in [1.807, 2.05) is 13.8 Å². The third kappa shape index (κ3) is 7.02. The second-order valence-corrected chi connectivity index (χ2v) is 7.83. The Balaban J connectivity index is 0.000000257. The number of imidazole rings is 1. The number of carbonyl (C=O) groups is 1. The first-order chi connectivity index (χ1) is 15.6. The van der Waals surface area contributed by atoms with Crippen molar-refractivity contribution in [1.29, 1.82) is 0 Å². The SMILES string of the molecule is CC(C)CN=C(N)c1nonc1N.CCOC(=O)c1cn(CC(C)C)c(-c2nonc2N)n1. The first-order valence-electron chi connectivity index (χ1n) is 10.3. The maximum atomic E-state index is 11.8. The molecule has 0 radical (unpaired) electrons. The molecule has 0 spiro atoms. The zero-order chi connectivity index (χ0) is 24.5. The molecular formula is C19H30N10O4. The van der Waals surface area contributed by atoms with Gasteiger partial charge in [-0.1, -0.05) is 27.7 Å². The van der Waals surface area contributed by atoms with Crippen LogP contribution in [0.2, 0.25) is 0 Å². The van der Waals surface area contributed by atoms with Crippen LogP contribution in [0.15, 0.2) is 20.4 Å². The quantitative estimate of drug-likeness (QED) is 0.246. The number of aliphatic imine (C=N–C) groups is 1. The first-order valence-corrected chi connectivity index (χ1v) is 10.3. The second kappa shape index (κ2) is 11.6. The van der Waals surface area contributed by atoms with Crippen LogP contribution in [0.1, 0.15) is 50.8 Å². The third-order valence-corrected chi connectivity index (χ3v) is 3.93. The molecule has 3 heterocycles. The molecule has 3 rings (SSSR count). The molecule has 0 aliphatic heterocycles. The van der Waals surface area contributed by atoms with Crippen LogP contribution in [-0.2, 0) is 11.3 Å². The van der Waals surface area contributed by atoms with Crippen LogP contribution in [0.3, 0.4) is 0 Å². The number of hydrogen-bond acceptors (Lipinski definition) is 12. The molecule has 0 atom stereocenters. The highest BCUT2D eigenvalue weighted by Crippen LogP contribution is 2.23. The lowest BCUT2D eigenvalue weighted by Gasteiger charge is -2.08. The fourth-order valence-corrected chi connectivity index (χ4v) is 2.52. The van der Waals surface area contributed by atoms with Crippen molar-refractivity contribution >= 4 is 23.4 Å². The summed E-state index contributed by atoms with van der Waals surface area (Å²) in [7, 11) is 0. The van der Waals surface area contributed by atoms with E-state index in [4.69, 9.17) is 21.9 Å². The van der Waals surface area contributed by atoms with E-state index in [-0.39, 0.29) is 23.2 Å². The monoisotopic (exact) mass is 462 g/mol. The Labute approximate surface area is 190 Å². The van der Waals surface area contributed by atoms with Crippen LogP contribution in [0.25, 0.3) is 11.5 Å². The molecule has 0 aliphatic carbocycles. The maximum Gasteiger partial charge on any atom is 0.358 e. The van der Waals surface area contributed by atoms with Crippen molar-refractivity contribution in [2.24, 2.45) is 22.6 Å². The van der Waals surface area contributed by atoms with Crippen molar-refractivity contribution in [1.82, 2.24) is 30.2 Å². The number of nitrogens with two attached hydrogens (primary N) is 3. The minimum absolute atomic E-state index is 0.135. The molecule has 0 amide bonds. The number of aromatic nitrogens is 6. The zero-order valence-corrected chi connectivity index (χ0v) is 19.3. The average Bonchev–Trinajstić information content (AvgIpc) is 3.46. The fraction of sp³-hybridized carbons (Fsp3) is 0.526. The summed E-state index contributed by atoms with van der Waals surface area (Å²) in [6.07, 6.45) is 1.63. The lowest BCUT2D eigenvalue weighted by Crippen LogP contribution is -2.17. The molecule has 14 nitrogen and oxygen atoms in total. The molecule has 0 fully saturated rings. The number of anilines is 2. The van der Waals surface area contributed by atoms with Crippen molar-refractivity contribution < 1.29 is 18.8 Å². The van der Waals surface area contributed by atoms with Crippen LogP contribution in [0, 0.1) is 11.8 Å². The predicted octanol–water partition coefficient (Wildman–Crippen LogP) is 1.36. The van der Waals surface area contributed by atoms with Gasteiger partial charge < -0.3 is 26.5 Å². The van der Waals surface area contributed by atoms with E-state index in [1.165, 1.54) is 0 Å². The lowest BCUT2D eigenvalue weighted by molar-refractivity contribution is 0.0520. The van der Waals surface area contributed by atoms with Gasteiger partial charge >= 0.3 is 5.97 Å². The van der Waals surface area contributed by atoms with Gasteiger partial charge in [0.25, 0.3) is 0 Å². The number of amidine groups is 1. The Morgan fingerprint density at radius 2 is 1.76 bits per heavy atom. The number of ether oxygens (including phenoxy) is 1. The molecule has 0 saturated carbocycles. The molecule has 3 aromatic rings. The summed E-state index contributed by atoms with van der Waals surface area (Å²) >= 11 is 0. The summed E-state index contributed by atoms with van der Waals surface area (Å²) in [5.41, 5.74) is 17.5. The number of nitrogen functional groups attached to an aromatic ring is 2. The molecule has 0 unspecified atom stereocenters. The van der Waals surface area contributed by atoms with Crippen molar-refractivity contribution in [2.45, 2.75) is 41.2 Å². The van der Waals surface area contributed by atoms with Gasteiger partial charge in [-0.15, -0.1) is 0 Å². The Morgan fingerprint density at radius 1 is 1.09 bits per heavy atom. The second-order valence-electron chi connectivity index (χ2n) is 7.83. The van der Waals surface area contributed by atoms with Crippen molar-refractivity contribution in [3.63, 3.8) is 0 Å². The summed E-state index contributed by atoms with van der Waals surface area (Å²) in [5.74, 6) is 1.35. The smallest absolute Gasteiger partial charge is 0.358 e. The van der Waals surface area contributed by atoms with E-state index < -0.39 is 5.97 Å². The van der Waals surface area contributed by atoms with E-state index in [0.29, 0.717) is 48.7 Å². The summed E-state index contributed by atoms with van der Waals surface area (Å²) < 4.78 is 15.7. The molecule has 0 aliphatic rings. The first kappa shape index (κ1) is 25.3. The molecule has 6 N–H and O–H groups in total. The van der Waals surface area contributed by atoms with E-state index in [2.05, 4.69) is 53.7 Å². The van der Waals surface area contributed by atoms with Gasteiger partial charge in [0.1, 0.15) is 0 Å². The van der Waals surface area contributed by atoms with Gasteiger partial charge in [0.05, 0.1) is 6.61 Å². The van der Waals surface area contributed by atoms with Crippen LogP contribution in [-0.4, -0.2) is 55.1 Å². The number of nitrogens with zero attached hydrogens (tertiary/aromatic N) is 7. The summed E-state index contributed by atoms with van der Waals surface area (Å²) in [4.78, 5) is 20.1. The van der Waals surface area contributed by atoms with E-state index >= 15 is 0 Å². The molecule has 14 heteroatoms. The normalized spacial score (nSPS) is 11.5. The van der Waals surface area contributed by atoms with E-state index in [1.54, 1.807) is 17.7 Å². The minimum Gasteiger partial charge on any atom is -0.461 e. The highest BCUT2D eigenvalue weighted by atomic mass is 16.6. The van der Waals surface area contributed by atoms with Crippen LogP contribution in [0.5, 0.6) is 0 Å². The summed E-state index contributed by atoms with van der Waals surface area (Å²) in [6.45, 7) is 11.5. The molecule has 0 saturated heterocycles. The van der Waals surface area contributed by atoms with Gasteiger partial charge in [-0.3, -0.25) is 4.99 Å². The van der Waals surface area contributed by atoms with Crippen molar-refractivity contribution in [2.75, 3.05) is 24.6 Å². The van der Waals surface area contributed by atoms with Crippen molar-refractivity contribution in [3.8, 4) is 11.5 Å². The topological polar surface area (TPSA) is 212 Å². The van der Waals surface area contributed by atoms with E-state index in [0.717, 1.165) is 0 Å². The molecule has 33 heavy (non-hydrogen) atoms. The van der Waals surface area contributed by atoms with Gasteiger partial charge in [-0.2, -0.15) is 0 Å². The Bertz CT molecular complexity index is 1070. The maximum absolute atomic E-state index is 11.8. The predicted molar refractivity (Wildman–Crippen MR) is 120 cm³/mol. The van der Waals surface area contributed by atoms with Gasteiger partial charge in [-0.25, -0.2) is 19.0 Å². The number of hydrogen-bond donors (Lipinski definition) is 3. The third-order valence-electron chi connectivity index (χ3n) is 3.93. The van der Waals surface area contributed by atoms with Gasteiger partial charge in [0, 0.05) is 19.3 Å². The Kier molecular flexibility index (Phi) is 8.89. The molecule has 180 valence electrons. The largest absolute Gasteiger partial charge is 0.461 e. The highest BCUT2D eigenvalue weighted by molar-refractivity contribution is 5.99. The fourth-order valence-electron chi connectivity index (χ4n) is 2.52. The molecule has 0 aromatic carbocycles. The average molecular weight is 463 g/mol. The van der Waals surface area contributed by atoms with Gasteiger partial charge in [0.15, 0.2) is 40.4 Å². The summed E-state index contributed by atoms with van der Waals surface area (Å²) in [6, 6.07) is 0. The number of esters is 1. The van der Waals surface area contributed by atoms with Crippen LogP contribution >= 0.6 is 0 Å².